The fourth-order valence-electron chi connectivity index (χ4n) is 2.94. The quantitative estimate of drug-likeness (QED) is 0.242. The third-order valence-electron chi connectivity index (χ3n) is 4.34. The summed E-state index contributed by atoms with van der Waals surface area (Å²) in [4.78, 5) is 17.5. The number of hydrogen-bond acceptors (Lipinski definition) is 2. The first-order valence-electron chi connectivity index (χ1n) is 9.68. The summed E-state index contributed by atoms with van der Waals surface area (Å²) in [6.07, 6.45) is 17.2. The van der Waals surface area contributed by atoms with Crippen LogP contribution in [-0.4, -0.2) is 27.2 Å². The molecule has 0 aromatic heterocycles. The summed E-state index contributed by atoms with van der Waals surface area (Å²) < 4.78 is 10.7. The average Bonchev–Trinajstić information content (AvgIpc) is 2.46. The van der Waals surface area contributed by atoms with E-state index in [0.29, 0.717) is 6.42 Å². The van der Waals surface area contributed by atoms with Gasteiger partial charge in [0.05, 0.1) is 12.3 Å². The first-order chi connectivity index (χ1) is 11.0. The van der Waals surface area contributed by atoms with Crippen molar-refractivity contribution in [3.05, 3.63) is 0 Å². The molecule has 0 aromatic carbocycles. The fourth-order valence-corrected chi connectivity index (χ4v) is 3.67. The molecule has 3 N–H and O–H groups in total. The molecule has 0 rings (SSSR count). The normalized spacial score (nSPS) is 13.4. The molecule has 0 aromatic rings. The molecule has 23 heavy (non-hydrogen) atoms. The summed E-state index contributed by atoms with van der Waals surface area (Å²) >= 11 is 0. The van der Waals surface area contributed by atoms with Gasteiger partial charge in [0.15, 0.2) is 0 Å². The predicted molar refractivity (Wildman–Crippen MR) is 97.8 cm³/mol. The van der Waals surface area contributed by atoms with Gasteiger partial charge in [0.2, 0.25) is 0 Å². The van der Waals surface area contributed by atoms with Crippen LogP contribution in [0.15, 0.2) is 0 Å². The average molecular weight is 350 g/mol. The van der Waals surface area contributed by atoms with Crippen LogP contribution in [-0.2, 0) is 4.57 Å². The van der Waals surface area contributed by atoms with Crippen LogP contribution in [0.4, 0.5) is 0 Å². The van der Waals surface area contributed by atoms with Crippen LogP contribution in [0.25, 0.3) is 0 Å². The smallest absolute Gasteiger partial charge is 0.328 e. The molecule has 0 aliphatic carbocycles. The molecule has 0 fully saturated rings. The van der Waals surface area contributed by atoms with Gasteiger partial charge >= 0.3 is 7.60 Å². The molecular formula is C18H39O4P. The Kier molecular flexibility index (Phi) is 15.7. The second-order valence-electron chi connectivity index (χ2n) is 6.89. The van der Waals surface area contributed by atoms with Crippen LogP contribution < -0.4 is 0 Å². The largest absolute Gasteiger partial charge is 0.392 e. The number of aliphatic hydroxyl groups is 1. The Morgan fingerprint density at radius 2 is 1.04 bits per heavy atom. The highest BCUT2D eigenvalue weighted by Gasteiger charge is 2.18. The van der Waals surface area contributed by atoms with Crippen molar-refractivity contribution in [2.24, 2.45) is 0 Å². The number of rotatable bonds is 17. The lowest BCUT2D eigenvalue weighted by molar-refractivity contribution is 0.175. The van der Waals surface area contributed by atoms with E-state index in [1.807, 2.05) is 0 Å². The highest BCUT2D eigenvalue weighted by atomic mass is 31.2. The van der Waals surface area contributed by atoms with E-state index in [0.717, 1.165) is 12.8 Å². The molecule has 5 heteroatoms. The molecule has 1 unspecified atom stereocenters. The summed E-state index contributed by atoms with van der Waals surface area (Å²) in [7, 11) is -4.06. The molecular weight excluding hydrogens is 311 g/mol. The van der Waals surface area contributed by atoms with E-state index in [9.17, 15) is 9.67 Å². The third-order valence-corrected chi connectivity index (χ3v) is 5.24. The Balaban J connectivity index is 3.15. The summed E-state index contributed by atoms with van der Waals surface area (Å²) in [6.45, 7) is 2.25. The first kappa shape index (κ1) is 23.1. The van der Waals surface area contributed by atoms with Gasteiger partial charge < -0.3 is 14.9 Å². The molecule has 0 aliphatic heterocycles. The summed E-state index contributed by atoms with van der Waals surface area (Å²) in [5.41, 5.74) is 0. The summed E-state index contributed by atoms with van der Waals surface area (Å²) in [6, 6.07) is 0. The molecule has 0 radical (unpaired) electrons. The Bertz CT molecular complexity index is 291. The van der Waals surface area contributed by atoms with E-state index in [1.165, 1.54) is 77.0 Å². The molecule has 0 amide bonds. The van der Waals surface area contributed by atoms with Crippen molar-refractivity contribution in [1.29, 1.82) is 0 Å². The Morgan fingerprint density at radius 3 is 1.39 bits per heavy atom. The van der Waals surface area contributed by atoms with Crippen LogP contribution in [0.5, 0.6) is 0 Å². The lowest BCUT2D eigenvalue weighted by Gasteiger charge is -2.11. The van der Waals surface area contributed by atoms with E-state index in [4.69, 9.17) is 9.79 Å². The molecule has 4 nitrogen and oxygen atoms in total. The lowest BCUT2D eigenvalue weighted by Crippen LogP contribution is -2.12. The van der Waals surface area contributed by atoms with Crippen LogP contribution in [0.1, 0.15) is 103 Å². The highest BCUT2D eigenvalue weighted by molar-refractivity contribution is 7.51. The third kappa shape index (κ3) is 20.1. The van der Waals surface area contributed by atoms with Crippen LogP contribution in [0.2, 0.25) is 0 Å². The number of unbranched alkanes of at least 4 members (excludes halogenated alkanes) is 13. The molecule has 0 bridgehead atoms. The van der Waals surface area contributed by atoms with Crippen molar-refractivity contribution in [2.75, 3.05) is 6.16 Å². The maximum atomic E-state index is 10.7. The van der Waals surface area contributed by atoms with Crippen molar-refractivity contribution in [2.45, 2.75) is 109 Å². The van der Waals surface area contributed by atoms with Gasteiger partial charge in [-0.2, -0.15) is 0 Å². The van der Waals surface area contributed by atoms with Crippen molar-refractivity contribution < 1.29 is 19.5 Å². The van der Waals surface area contributed by atoms with Gasteiger partial charge in [-0.25, -0.2) is 0 Å². The van der Waals surface area contributed by atoms with Crippen LogP contribution in [0.3, 0.4) is 0 Å². The van der Waals surface area contributed by atoms with E-state index in [2.05, 4.69) is 6.92 Å². The molecule has 1 atom stereocenters. The molecule has 0 saturated heterocycles. The van der Waals surface area contributed by atoms with Crippen LogP contribution in [0, 0.1) is 0 Å². The second-order valence-corrected chi connectivity index (χ2v) is 8.58. The van der Waals surface area contributed by atoms with Crippen molar-refractivity contribution in [3.63, 3.8) is 0 Å². The predicted octanol–water partition coefficient (Wildman–Crippen LogP) is 5.40. The van der Waals surface area contributed by atoms with E-state index in [1.54, 1.807) is 0 Å². The van der Waals surface area contributed by atoms with E-state index >= 15 is 0 Å². The van der Waals surface area contributed by atoms with Gasteiger partial charge in [0, 0.05) is 0 Å². The zero-order valence-corrected chi connectivity index (χ0v) is 16.0. The fraction of sp³-hybridized carbons (Fsp3) is 1.00. The van der Waals surface area contributed by atoms with Crippen molar-refractivity contribution in [1.82, 2.24) is 0 Å². The number of aliphatic hydroxyl groups excluding tert-OH is 1. The van der Waals surface area contributed by atoms with Gasteiger partial charge in [0.25, 0.3) is 0 Å². The van der Waals surface area contributed by atoms with Crippen molar-refractivity contribution >= 4 is 7.60 Å². The summed E-state index contributed by atoms with van der Waals surface area (Å²) in [5, 5.41) is 9.48. The number of hydrogen-bond donors (Lipinski definition) is 3. The standard InChI is InChI=1S/C18H39O4P/c1-2-3-4-5-6-7-8-9-10-11-12-13-14-15-16-18(19)17-23(20,21)22/h18-19H,2-17H2,1H3,(H2,20,21,22). The minimum Gasteiger partial charge on any atom is -0.392 e. The lowest BCUT2D eigenvalue weighted by atomic mass is 10.0. The summed E-state index contributed by atoms with van der Waals surface area (Å²) in [5.74, 6) is 0. The van der Waals surface area contributed by atoms with Gasteiger partial charge in [-0.1, -0.05) is 96.8 Å². The SMILES string of the molecule is CCCCCCCCCCCCCCCCC(O)CP(=O)(O)O. The van der Waals surface area contributed by atoms with Gasteiger partial charge in [-0.3, -0.25) is 4.57 Å². The van der Waals surface area contributed by atoms with Gasteiger partial charge in [-0.15, -0.1) is 0 Å². The Labute approximate surface area is 143 Å². The topological polar surface area (TPSA) is 77.8 Å². The molecule has 0 saturated carbocycles. The maximum absolute atomic E-state index is 10.7. The van der Waals surface area contributed by atoms with Crippen molar-refractivity contribution in [3.8, 4) is 0 Å². The minimum absolute atomic E-state index is 0.397. The van der Waals surface area contributed by atoms with E-state index < -0.39 is 19.9 Å². The molecule has 0 aliphatic rings. The zero-order valence-electron chi connectivity index (χ0n) is 15.1. The zero-order chi connectivity index (χ0) is 17.4. The molecule has 0 spiro atoms. The molecule has 140 valence electrons. The maximum Gasteiger partial charge on any atom is 0.328 e. The Hall–Kier alpha value is 0.110. The Morgan fingerprint density at radius 1 is 0.696 bits per heavy atom. The van der Waals surface area contributed by atoms with E-state index in [-0.39, 0.29) is 0 Å². The second kappa shape index (κ2) is 15.6. The monoisotopic (exact) mass is 350 g/mol. The van der Waals surface area contributed by atoms with Gasteiger partial charge in [-0.05, 0) is 6.42 Å². The highest BCUT2D eigenvalue weighted by Crippen LogP contribution is 2.35. The minimum atomic E-state index is -4.06. The first-order valence-corrected chi connectivity index (χ1v) is 11.5. The molecule has 0 heterocycles. The van der Waals surface area contributed by atoms with Crippen LogP contribution >= 0.6 is 7.60 Å². The van der Waals surface area contributed by atoms with Gasteiger partial charge in [0.1, 0.15) is 0 Å².